The second kappa shape index (κ2) is 13.5. The number of hydrogen-bond donors (Lipinski definition) is 2. The maximum Gasteiger partial charge on any atom is 0.277 e. The van der Waals surface area contributed by atoms with Gasteiger partial charge in [0.15, 0.2) is 5.57 Å². The van der Waals surface area contributed by atoms with E-state index in [1.54, 1.807) is 55.3 Å². The molecule has 0 spiro atoms. The first-order valence-corrected chi connectivity index (χ1v) is 13.1. The first-order valence-electron chi connectivity index (χ1n) is 12.3. The van der Waals surface area contributed by atoms with Crippen LogP contribution >= 0.6 is 11.3 Å². The quantitative estimate of drug-likeness (QED) is 0.277. The van der Waals surface area contributed by atoms with Gasteiger partial charge in [-0.05, 0) is 25.1 Å². The fourth-order valence-electron chi connectivity index (χ4n) is 3.80. The number of rotatable bonds is 8. The van der Waals surface area contributed by atoms with Crippen molar-refractivity contribution in [2.45, 2.75) is 32.2 Å². The van der Waals surface area contributed by atoms with Crippen molar-refractivity contribution in [1.82, 2.24) is 14.8 Å². The number of nitriles is 2. The summed E-state index contributed by atoms with van der Waals surface area (Å²) in [4.78, 5) is 40.7. The molecule has 2 heterocycles. The number of piperidine rings is 1. The van der Waals surface area contributed by atoms with E-state index in [4.69, 9.17) is 5.26 Å². The topological polar surface area (TPSA) is 134 Å². The Labute approximate surface area is 233 Å². The largest absolute Gasteiger partial charge is 0.355 e. The molecule has 40 heavy (non-hydrogen) atoms. The van der Waals surface area contributed by atoms with E-state index in [0.717, 1.165) is 11.3 Å². The van der Waals surface area contributed by atoms with Crippen LogP contribution in [-0.4, -0.2) is 60.4 Å². The summed E-state index contributed by atoms with van der Waals surface area (Å²) in [6.45, 7) is 2.11. The van der Waals surface area contributed by atoms with E-state index < -0.39 is 11.8 Å². The fourth-order valence-corrected chi connectivity index (χ4v) is 4.79. The van der Waals surface area contributed by atoms with Crippen LogP contribution in [0.5, 0.6) is 0 Å². The highest BCUT2D eigenvalue weighted by Crippen LogP contribution is 2.27. The van der Waals surface area contributed by atoms with Gasteiger partial charge >= 0.3 is 0 Å². The van der Waals surface area contributed by atoms with E-state index in [-0.39, 0.29) is 71.8 Å². The molecule has 0 bridgehead atoms. The van der Waals surface area contributed by atoms with Gasteiger partial charge in [0.05, 0.1) is 12.6 Å². The van der Waals surface area contributed by atoms with Crippen LogP contribution in [-0.2, 0) is 16.1 Å². The number of likely N-dealkylation sites (tertiary alicyclic amines) is 1. The number of amides is 2. The predicted octanol–water partition coefficient (Wildman–Crippen LogP) is 1.10. The molecule has 1 aliphatic rings. The van der Waals surface area contributed by atoms with E-state index in [1.165, 1.54) is 15.7 Å². The highest BCUT2D eigenvalue weighted by molar-refractivity contribution is 7.07. The molecular formula is C27H27F2N7O3S. The van der Waals surface area contributed by atoms with E-state index in [0.29, 0.717) is 11.4 Å². The molecule has 13 heteroatoms. The zero-order valence-electron chi connectivity index (χ0n) is 22.0. The Hall–Kier alpha value is -4.51. The summed E-state index contributed by atoms with van der Waals surface area (Å²) in [6.07, 6.45) is 0.917. The van der Waals surface area contributed by atoms with Gasteiger partial charge in [-0.25, -0.2) is 8.78 Å². The van der Waals surface area contributed by atoms with Crippen molar-refractivity contribution in [3.63, 3.8) is 0 Å². The van der Waals surface area contributed by atoms with Crippen molar-refractivity contribution in [3.05, 3.63) is 55.6 Å². The lowest BCUT2D eigenvalue weighted by atomic mass is 10.1. The Kier molecular flexibility index (Phi) is 10.2. The van der Waals surface area contributed by atoms with Crippen molar-refractivity contribution in [1.29, 1.82) is 10.5 Å². The molecule has 208 valence electrons. The molecule has 1 aromatic carbocycles. The average Bonchev–Trinajstić information content (AvgIpc) is 3.24. The minimum atomic E-state index is -2.67. The van der Waals surface area contributed by atoms with Gasteiger partial charge in [0, 0.05) is 57.1 Å². The van der Waals surface area contributed by atoms with Crippen molar-refractivity contribution in [2.24, 2.45) is 0 Å². The normalized spacial score (nSPS) is 14.1. The summed E-state index contributed by atoms with van der Waals surface area (Å²) >= 11 is 0.995. The van der Waals surface area contributed by atoms with Crippen molar-refractivity contribution < 1.29 is 18.4 Å². The lowest BCUT2D eigenvalue weighted by Crippen LogP contribution is -2.45. The van der Waals surface area contributed by atoms with Crippen LogP contribution in [0.2, 0.25) is 0 Å². The number of nitrogens with zero attached hydrogens (tertiary/aromatic N) is 5. The van der Waals surface area contributed by atoms with Gasteiger partial charge in [-0.1, -0.05) is 28.9 Å². The standard InChI is InChI=1S/C27H27F2N7O3S/c1-3-36-24(15-19(17-31)25(38)33-12-10-30)40-22(26(36)39)7-11-32-20-5-4-6-21(16-20)34(2)23(37)18-35-13-8-27(28,29)9-14-35/h4-6,11,16,32H,3,8-9,12-14,18H2,1-2H3,(H,33,38). The summed E-state index contributed by atoms with van der Waals surface area (Å²) in [5, 5.41) is 23.2. The number of thiazole rings is 1. The molecule has 2 N–H and O–H groups in total. The number of aromatic nitrogens is 1. The maximum atomic E-state index is 13.4. The van der Waals surface area contributed by atoms with Gasteiger partial charge in [0.1, 0.15) is 21.8 Å². The van der Waals surface area contributed by atoms with Crippen LogP contribution in [0.1, 0.15) is 19.8 Å². The Balaban J connectivity index is 1.80. The van der Waals surface area contributed by atoms with Crippen molar-refractivity contribution in [2.75, 3.05) is 43.4 Å². The highest BCUT2D eigenvalue weighted by Gasteiger charge is 2.34. The van der Waals surface area contributed by atoms with Gasteiger partial charge in [-0.2, -0.15) is 10.5 Å². The molecule has 0 unspecified atom stereocenters. The van der Waals surface area contributed by atoms with Gasteiger partial charge < -0.3 is 15.5 Å². The summed E-state index contributed by atoms with van der Waals surface area (Å²) in [5.74, 6) is -3.66. The number of likely N-dealkylation sites (N-methyl/N-ethyl adjacent to an activating group) is 1. The number of hydrogen-bond acceptors (Lipinski definition) is 8. The van der Waals surface area contributed by atoms with Crippen molar-refractivity contribution >= 4 is 46.0 Å². The van der Waals surface area contributed by atoms with Gasteiger partial charge in [0.2, 0.25) is 5.91 Å². The molecule has 2 amide bonds. The Morgan fingerprint density at radius 1 is 1.25 bits per heavy atom. The van der Waals surface area contributed by atoms with Gasteiger partial charge in [-0.3, -0.25) is 23.9 Å². The minimum Gasteiger partial charge on any atom is -0.355 e. The van der Waals surface area contributed by atoms with E-state index in [2.05, 4.69) is 22.1 Å². The first kappa shape index (κ1) is 30.0. The maximum absolute atomic E-state index is 13.4. The number of nitrogens with one attached hydrogen (secondary N) is 2. The molecular weight excluding hydrogens is 540 g/mol. The Bertz CT molecular complexity index is 1610. The molecule has 1 aromatic heterocycles. The van der Waals surface area contributed by atoms with Crippen LogP contribution in [0.25, 0.3) is 11.5 Å². The fraction of sp³-hybridized carbons (Fsp3) is 0.370. The SMILES string of the molecule is CCn1c(=C=C(C#N)C(=O)NCC#N)sc(=C=CNc2cccc(N(C)C(=O)CN3CCC(F)(F)CC3)c2)c1=O. The molecule has 1 fully saturated rings. The van der Waals surface area contributed by atoms with Gasteiger partial charge in [0.25, 0.3) is 17.4 Å². The second-order valence-electron chi connectivity index (χ2n) is 8.81. The Morgan fingerprint density at radius 3 is 2.62 bits per heavy atom. The lowest BCUT2D eigenvalue weighted by Gasteiger charge is -2.32. The molecule has 0 atom stereocenters. The van der Waals surface area contributed by atoms with Crippen LogP contribution in [0.4, 0.5) is 20.2 Å². The molecule has 0 aliphatic carbocycles. The zero-order valence-corrected chi connectivity index (χ0v) is 22.8. The number of halogens is 2. The Morgan fingerprint density at radius 2 is 1.98 bits per heavy atom. The number of benzene rings is 1. The number of anilines is 2. The van der Waals surface area contributed by atoms with E-state index in [9.17, 15) is 28.4 Å². The summed E-state index contributed by atoms with van der Waals surface area (Å²) in [7, 11) is 1.61. The molecule has 0 radical (unpaired) electrons. The summed E-state index contributed by atoms with van der Waals surface area (Å²) in [5.41, 5.74) is 5.99. The third-order valence-corrected chi connectivity index (χ3v) is 7.11. The van der Waals surface area contributed by atoms with E-state index >= 15 is 0 Å². The van der Waals surface area contributed by atoms with E-state index in [1.807, 2.05) is 0 Å². The lowest BCUT2D eigenvalue weighted by molar-refractivity contribution is -0.121. The molecule has 1 saturated heterocycles. The molecule has 3 rings (SSSR count). The minimum absolute atomic E-state index is 0.0430. The third kappa shape index (κ3) is 7.76. The molecule has 10 nitrogen and oxygen atoms in total. The highest BCUT2D eigenvalue weighted by atomic mass is 32.1. The number of carbonyl (C=O) groups excluding carboxylic acids is 2. The number of alkyl halides is 2. The average molecular weight is 568 g/mol. The smallest absolute Gasteiger partial charge is 0.277 e. The second-order valence-corrected chi connectivity index (χ2v) is 9.81. The molecule has 2 aromatic rings. The van der Waals surface area contributed by atoms with Crippen molar-refractivity contribution in [3.8, 4) is 12.1 Å². The van der Waals surface area contributed by atoms with Crippen LogP contribution in [0.3, 0.4) is 0 Å². The van der Waals surface area contributed by atoms with Crippen LogP contribution < -0.4 is 30.3 Å². The zero-order chi connectivity index (χ0) is 29.3. The van der Waals surface area contributed by atoms with Crippen LogP contribution in [0, 0.1) is 22.7 Å². The molecule has 1 aliphatic heterocycles. The predicted molar refractivity (Wildman–Crippen MR) is 147 cm³/mol. The first-order chi connectivity index (χ1) is 19.1. The third-order valence-electron chi connectivity index (χ3n) is 6.09. The summed E-state index contributed by atoms with van der Waals surface area (Å²) in [6, 6.07) is 10.4. The number of carbonyl (C=O) groups is 2. The molecule has 0 saturated carbocycles. The summed E-state index contributed by atoms with van der Waals surface area (Å²) < 4.78 is 28.6. The van der Waals surface area contributed by atoms with Gasteiger partial charge in [-0.15, -0.1) is 0 Å². The monoisotopic (exact) mass is 567 g/mol. The van der Waals surface area contributed by atoms with Crippen LogP contribution in [0.15, 0.2) is 40.8 Å².